The van der Waals surface area contributed by atoms with E-state index in [2.05, 4.69) is 10.3 Å². The molecule has 5 nitrogen and oxygen atoms in total. The molecule has 1 aliphatic carbocycles. The van der Waals surface area contributed by atoms with E-state index in [9.17, 15) is 9.90 Å². The van der Waals surface area contributed by atoms with Crippen molar-refractivity contribution in [1.82, 2.24) is 10.3 Å². The summed E-state index contributed by atoms with van der Waals surface area (Å²) >= 11 is 0. The van der Waals surface area contributed by atoms with Crippen LogP contribution in [0.4, 0.5) is 0 Å². The van der Waals surface area contributed by atoms with Crippen LogP contribution in [-0.4, -0.2) is 35.3 Å². The van der Waals surface area contributed by atoms with E-state index in [-0.39, 0.29) is 11.7 Å². The fourth-order valence-electron chi connectivity index (χ4n) is 2.10. The van der Waals surface area contributed by atoms with Crippen molar-refractivity contribution in [2.24, 2.45) is 0 Å². The van der Waals surface area contributed by atoms with Gasteiger partial charge in [0.05, 0.1) is 24.5 Å². The highest BCUT2D eigenvalue weighted by molar-refractivity contribution is 5.94. The summed E-state index contributed by atoms with van der Waals surface area (Å²) < 4.78 is 5.63. The molecule has 0 spiro atoms. The third kappa shape index (κ3) is 3.70. The molecule has 0 radical (unpaired) electrons. The molecule has 0 saturated heterocycles. The van der Waals surface area contributed by atoms with E-state index in [0.717, 1.165) is 12.8 Å². The van der Waals surface area contributed by atoms with Crippen LogP contribution in [0.2, 0.25) is 0 Å². The predicted molar refractivity (Wildman–Crippen MR) is 66.4 cm³/mol. The van der Waals surface area contributed by atoms with E-state index in [4.69, 9.17) is 4.74 Å². The maximum atomic E-state index is 11.7. The molecule has 1 aromatic rings. The molecule has 0 bridgehead atoms. The van der Waals surface area contributed by atoms with Gasteiger partial charge in [-0.25, -0.2) is 0 Å². The van der Waals surface area contributed by atoms with Gasteiger partial charge in [-0.2, -0.15) is 0 Å². The first-order valence-corrected chi connectivity index (χ1v) is 6.29. The van der Waals surface area contributed by atoms with Gasteiger partial charge in [-0.15, -0.1) is 0 Å². The summed E-state index contributed by atoms with van der Waals surface area (Å²) in [5.41, 5.74) is 0.357. The maximum absolute atomic E-state index is 11.7. The molecule has 0 atom stereocenters. The first-order chi connectivity index (χ1) is 8.75. The number of carbonyl (C=O) groups excluding carboxylic acids is 1. The molecule has 0 aromatic carbocycles. The Morgan fingerprint density at radius 3 is 2.94 bits per heavy atom. The van der Waals surface area contributed by atoms with Crippen LogP contribution in [0.3, 0.4) is 0 Å². The largest absolute Gasteiger partial charge is 0.506 e. The number of nitrogens with one attached hydrogen (secondary N) is 1. The fraction of sp³-hybridized carbons (Fsp3) is 0.538. The Morgan fingerprint density at radius 2 is 2.22 bits per heavy atom. The second kappa shape index (κ2) is 6.35. The van der Waals surface area contributed by atoms with Crippen LogP contribution < -0.4 is 5.32 Å². The first kappa shape index (κ1) is 12.8. The summed E-state index contributed by atoms with van der Waals surface area (Å²) in [7, 11) is 0. The smallest absolute Gasteiger partial charge is 0.253 e. The van der Waals surface area contributed by atoms with Crippen LogP contribution in [0, 0.1) is 0 Å². The minimum absolute atomic E-state index is 0.00939. The van der Waals surface area contributed by atoms with Gasteiger partial charge in [0.25, 0.3) is 5.91 Å². The number of hydrogen-bond acceptors (Lipinski definition) is 4. The standard InChI is InChI=1S/C13H18N2O3/c16-11-7-10(8-14-9-11)13(17)15-5-6-18-12-3-1-2-4-12/h7-9,12,16H,1-6H2,(H,15,17). The normalized spacial score (nSPS) is 15.8. The third-order valence-electron chi connectivity index (χ3n) is 3.03. The molecule has 0 unspecified atom stereocenters. The highest BCUT2D eigenvalue weighted by atomic mass is 16.5. The maximum Gasteiger partial charge on any atom is 0.253 e. The van der Waals surface area contributed by atoms with Crippen molar-refractivity contribution in [3.8, 4) is 5.75 Å². The number of hydrogen-bond donors (Lipinski definition) is 2. The summed E-state index contributed by atoms with van der Waals surface area (Å²) in [6, 6.07) is 1.39. The van der Waals surface area contributed by atoms with Crippen LogP contribution in [-0.2, 0) is 4.74 Å². The van der Waals surface area contributed by atoms with Gasteiger partial charge in [0.1, 0.15) is 5.75 Å². The monoisotopic (exact) mass is 250 g/mol. The molecule has 18 heavy (non-hydrogen) atoms. The topological polar surface area (TPSA) is 71.5 Å². The number of carbonyl (C=O) groups is 1. The van der Waals surface area contributed by atoms with Gasteiger partial charge in [0.15, 0.2) is 0 Å². The molecule has 2 rings (SSSR count). The number of amides is 1. The Morgan fingerprint density at radius 1 is 1.44 bits per heavy atom. The van der Waals surface area contributed by atoms with Crippen molar-refractivity contribution in [2.45, 2.75) is 31.8 Å². The Balaban J connectivity index is 1.68. The summed E-state index contributed by atoms with van der Waals surface area (Å²) in [5, 5.41) is 11.9. The van der Waals surface area contributed by atoms with Crippen molar-refractivity contribution in [3.05, 3.63) is 24.0 Å². The van der Waals surface area contributed by atoms with Gasteiger partial charge in [-0.3, -0.25) is 9.78 Å². The van der Waals surface area contributed by atoms with E-state index in [1.807, 2.05) is 0 Å². The van der Waals surface area contributed by atoms with Gasteiger partial charge in [0.2, 0.25) is 0 Å². The fourth-order valence-corrected chi connectivity index (χ4v) is 2.10. The van der Waals surface area contributed by atoms with E-state index in [1.165, 1.54) is 31.3 Å². The molecule has 1 aromatic heterocycles. The zero-order valence-electron chi connectivity index (χ0n) is 10.3. The molecule has 1 heterocycles. The molecule has 1 saturated carbocycles. The van der Waals surface area contributed by atoms with Crippen LogP contribution in [0.15, 0.2) is 18.5 Å². The first-order valence-electron chi connectivity index (χ1n) is 6.29. The van der Waals surface area contributed by atoms with E-state index >= 15 is 0 Å². The van der Waals surface area contributed by atoms with Gasteiger partial charge >= 0.3 is 0 Å². The molecule has 2 N–H and O–H groups in total. The Hall–Kier alpha value is -1.62. The lowest BCUT2D eigenvalue weighted by Gasteiger charge is -2.11. The van der Waals surface area contributed by atoms with Crippen molar-refractivity contribution >= 4 is 5.91 Å². The number of aromatic hydroxyl groups is 1. The summed E-state index contributed by atoms with van der Waals surface area (Å²) in [6.45, 7) is 1.01. The van der Waals surface area contributed by atoms with Crippen molar-refractivity contribution < 1.29 is 14.6 Å². The summed E-state index contributed by atoms with van der Waals surface area (Å²) in [4.78, 5) is 15.4. The predicted octanol–water partition coefficient (Wildman–Crippen LogP) is 1.48. The number of ether oxygens (including phenoxy) is 1. The summed E-state index contributed by atoms with van der Waals surface area (Å²) in [6.07, 6.45) is 7.82. The lowest BCUT2D eigenvalue weighted by molar-refractivity contribution is 0.0581. The van der Waals surface area contributed by atoms with Crippen molar-refractivity contribution in [1.29, 1.82) is 0 Å². The zero-order chi connectivity index (χ0) is 12.8. The van der Waals surface area contributed by atoms with Crippen molar-refractivity contribution in [2.75, 3.05) is 13.2 Å². The van der Waals surface area contributed by atoms with Gasteiger partial charge < -0.3 is 15.2 Å². The van der Waals surface area contributed by atoms with Crippen LogP contribution in [0.25, 0.3) is 0 Å². The lowest BCUT2D eigenvalue weighted by Crippen LogP contribution is -2.28. The number of pyridine rings is 1. The number of aromatic nitrogens is 1. The Bertz CT molecular complexity index is 403. The lowest BCUT2D eigenvalue weighted by atomic mass is 10.2. The minimum atomic E-state index is -0.242. The second-order valence-corrected chi connectivity index (χ2v) is 4.46. The van der Waals surface area contributed by atoms with Gasteiger partial charge in [-0.05, 0) is 18.9 Å². The van der Waals surface area contributed by atoms with E-state index in [0.29, 0.717) is 24.8 Å². The Labute approximate surface area is 106 Å². The average molecular weight is 250 g/mol. The summed E-state index contributed by atoms with van der Waals surface area (Å²) in [5.74, 6) is -0.252. The van der Waals surface area contributed by atoms with Crippen LogP contribution in [0.1, 0.15) is 36.0 Å². The number of nitrogens with zero attached hydrogens (tertiary/aromatic N) is 1. The highest BCUT2D eigenvalue weighted by Crippen LogP contribution is 2.20. The SMILES string of the molecule is O=C(NCCOC1CCCC1)c1cncc(O)c1. The molecule has 5 heteroatoms. The third-order valence-corrected chi connectivity index (χ3v) is 3.03. The van der Waals surface area contributed by atoms with Crippen LogP contribution in [0.5, 0.6) is 5.75 Å². The molecule has 1 amide bonds. The average Bonchev–Trinajstić information content (AvgIpc) is 2.87. The molecule has 98 valence electrons. The molecule has 0 aliphatic heterocycles. The van der Waals surface area contributed by atoms with Gasteiger partial charge in [-0.1, -0.05) is 12.8 Å². The molecular weight excluding hydrogens is 232 g/mol. The van der Waals surface area contributed by atoms with E-state index in [1.54, 1.807) is 0 Å². The molecule has 1 aliphatic rings. The highest BCUT2D eigenvalue weighted by Gasteiger charge is 2.15. The van der Waals surface area contributed by atoms with Crippen LogP contribution >= 0.6 is 0 Å². The quantitative estimate of drug-likeness (QED) is 0.776. The minimum Gasteiger partial charge on any atom is -0.506 e. The molecular formula is C13H18N2O3. The molecule has 1 fully saturated rings. The second-order valence-electron chi connectivity index (χ2n) is 4.46. The zero-order valence-corrected chi connectivity index (χ0v) is 10.3. The van der Waals surface area contributed by atoms with Crippen molar-refractivity contribution in [3.63, 3.8) is 0 Å². The van der Waals surface area contributed by atoms with Gasteiger partial charge in [0, 0.05) is 12.7 Å². The number of rotatable bonds is 5. The Kier molecular flexibility index (Phi) is 4.52. The van der Waals surface area contributed by atoms with E-state index < -0.39 is 0 Å².